The van der Waals surface area contributed by atoms with Gasteiger partial charge in [0.05, 0.1) is 0 Å². The third-order valence-corrected chi connectivity index (χ3v) is 4.62. The van der Waals surface area contributed by atoms with Crippen LogP contribution in [0.15, 0.2) is 42.5 Å². The molecule has 0 atom stereocenters. The number of carbonyl (C=O) groups excluding carboxylic acids is 2. The minimum absolute atomic E-state index is 0.0666. The summed E-state index contributed by atoms with van der Waals surface area (Å²) in [5.41, 5.74) is -1.18. The van der Waals surface area contributed by atoms with Crippen LogP contribution in [-0.2, 0) is 10.4 Å². The van der Waals surface area contributed by atoms with Crippen molar-refractivity contribution in [1.29, 1.82) is 0 Å². The molecule has 0 fully saturated rings. The zero-order chi connectivity index (χ0) is 21.1. The Hall–Kier alpha value is -2.99. The molecule has 28 heavy (non-hydrogen) atoms. The zero-order valence-electron chi connectivity index (χ0n) is 16.1. The highest BCUT2D eigenvalue weighted by Crippen LogP contribution is 2.41. The summed E-state index contributed by atoms with van der Waals surface area (Å²) in [5.74, 6) is -2.16. The Labute approximate surface area is 163 Å². The van der Waals surface area contributed by atoms with Gasteiger partial charge in [0.25, 0.3) is 0 Å². The molecule has 2 aromatic carbocycles. The maximum atomic E-state index is 12.5. The lowest BCUT2D eigenvalue weighted by atomic mass is 9.86. The first kappa shape index (κ1) is 21.3. The van der Waals surface area contributed by atoms with Gasteiger partial charge in [0.1, 0.15) is 5.75 Å². The predicted molar refractivity (Wildman–Crippen MR) is 104 cm³/mol. The van der Waals surface area contributed by atoms with Crippen molar-refractivity contribution < 1.29 is 29.7 Å². The van der Waals surface area contributed by atoms with Crippen molar-refractivity contribution in [3.63, 3.8) is 0 Å². The van der Waals surface area contributed by atoms with Gasteiger partial charge in [0, 0.05) is 23.1 Å². The molecule has 6 nitrogen and oxygen atoms in total. The number of carboxylic acid groups (broad SMARTS) is 1. The van der Waals surface area contributed by atoms with Crippen LogP contribution in [0.25, 0.3) is 0 Å². The van der Waals surface area contributed by atoms with Crippen molar-refractivity contribution in [2.75, 3.05) is 0 Å². The van der Waals surface area contributed by atoms with Gasteiger partial charge >= 0.3 is 5.97 Å². The first-order valence-corrected chi connectivity index (χ1v) is 9.10. The molecule has 3 N–H and O–H groups in total. The lowest BCUT2D eigenvalue weighted by Crippen LogP contribution is -2.38. The molecule has 0 amide bonds. The van der Waals surface area contributed by atoms with Crippen molar-refractivity contribution in [1.82, 2.24) is 0 Å². The van der Waals surface area contributed by atoms with Crippen molar-refractivity contribution in [3.05, 3.63) is 64.7 Å². The molecule has 0 saturated carbocycles. The number of phenolic OH excluding ortho intramolecular Hbond substituents is 1. The Balaban J connectivity index is 0.000000409. The maximum absolute atomic E-state index is 12.5. The second-order valence-corrected chi connectivity index (χ2v) is 6.99. The number of hydrogen-bond donors (Lipinski definition) is 3. The summed E-state index contributed by atoms with van der Waals surface area (Å²) < 4.78 is 0. The number of carbonyl (C=O) groups is 3. The average molecular weight is 384 g/mol. The van der Waals surface area contributed by atoms with E-state index in [1.54, 1.807) is 18.2 Å². The monoisotopic (exact) mass is 384 g/mol. The number of ketones is 2. The van der Waals surface area contributed by atoms with Crippen LogP contribution >= 0.6 is 0 Å². The van der Waals surface area contributed by atoms with Crippen LogP contribution in [0.5, 0.6) is 5.75 Å². The van der Waals surface area contributed by atoms with Gasteiger partial charge in [-0.25, -0.2) is 0 Å². The summed E-state index contributed by atoms with van der Waals surface area (Å²) in [7, 11) is 0. The molecule has 0 aliphatic heterocycles. The van der Waals surface area contributed by atoms with E-state index in [9.17, 15) is 24.6 Å². The van der Waals surface area contributed by atoms with Gasteiger partial charge < -0.3 is 15.3 Å². The largest absolute Gasteiger partial charge is 0.508 e. The van der Waals surface area contributed by atoms with E-state index < -0.39 is 23.1 Å². The first-order chi connectivity index (χ1) is 13.1. The van der Waals surface area contributed by atoms with Crippen molar-refractivity contribution in [2.24, 2.45) is 0 Å². The molecule has 1 aliphatic rings. The molecule has 148 valence electrons. The number of fused-ring (bicyclic) bond motifs is 1. The first-order valence-electron chi connectivity index (χ1n) is 9.10. The third kappa shape index (κ3) is 3.82. The summed E-state index contributed by atoms with van der Waals surface area (Å²) in [4.78, 5) is 34.6. The van der Waals surface area contributed by atoms with E-state index in [0.29, 0.717) is 6.42 Å². The minimum Gasteiger partial charge on any atom is -0.508 e. The molecular formula is C22H24O6. The predicted octanol–water partition coefficient (Wildman–Crippen LogP) is 3.65. The zero-order valence-corrected chi connectivity index (χ0v) is 16.1. The Morgan fingerprint density at radius 1 is 1.04 bits per heavy atom. The standard InChI is InChI=1S/C18H16O4.C4H8O2/c1-10(2)11-7-8-14(15(19)9-11)18(22)16(20)12-5-3-4-6-13(12)17(18)21;1-2-3-4(5)6/h3-10,19,22H,1-2H3;2-3H2,1H3,(H,5,6). The molecule has 0 spiro atoms. The molecule has 6 heteroatoms. The van der Waals surface area contributed by atoms with E-state index in [1.807, 2.05) is 20.8 Å². The fourth-order valence-corrected chi connectivity index (χ4v) is 3.04. The normalized spacial score (nSPS) is 14.5. The number of carboxylic acids is 1. The second-order valence-electron chi connectivity index (χ2n) is 6.99. The van der Waals surface area contributed by atoms with Crippen LogP contribution in [0.3, 0.4) is 0 Å². The van der Waals surface area contributed by atoms with Gasteiger partial charge in [-0.1, -0.05) is 57.2 Å². The van der Waals surface area contributed by atoms with Crippen LogP contribution in [0.2, 0.25) is 0 Å². The summed E-state index contributed by atoms with van der Waals surface area (Å²) >= 11 is 0. The number of Topliss-reactive ketones (excluding diaryl/α,β-unsaturated/α-hetero) is 2. The van der Waals surface area contributed by atoms with Crippen molar-refractivity contribution in [2.45, 2.75) is 45.1 Å². The van der Waals surface area contributed by atoms with Gasteiger partial charge in [-0.3, -0.25) is 14.4 Å². The van der Waals surface area contributed by atoms with E-state index in [4.69, 9.17) is 5.11 Å². The molecule has 3 rings (SSSR count). The summed E-state index contributed by atoms with van der Waals surface area (Å²) in [6.45, 7) is 5.77. The van der Waals surface area contributed by atoms with Gasteiger partial charge in [-0.2, -0.15) is 0 Å². The average Bonchev–Trinajstić information content (AvgIpc) is 2.84. The van der Waals surface area contributed by atoms with Crippen LogP contribution < -0.4 is 0 Å². The molecule has 0 bridgehead atoms. The summed E-state index contributed by atoms with van der Waals surface area (Å²) in [6, 6.07) is 10.9. The Morgan fingerprint density at radius 3 is 1.93 bits per heavy atom. The number of aliphatic hydroxyl groups is 1. The highest BCUT2D eigenvalue weighted by molar-refractivity contribution is 6.32. The summed E-state index contributed by atoms with van der Waals surface area (Å²) in [6.07, 6.45) is 1.02. The van der Waals surface area contributed by atoms with E-state index in [1.165, 1.54) is 24.3 Å². The highest BCUT2D eigenvalue weighted by atomic mass is 16.4. The number of benzene rings is 2. The quantitative estimate of drug-likeness (QED) is 0.694. The van der Waals surface area contributed by atoms with Gasteiger partial charge in [0.15, 0.2) is 0 Å². The molecule has 0 heterocycles. The summed E-state index contributed by atoms with van der Waals surface area (Å²) in [5, 5.41) is 28.9. The fraction of sp³-hybridized carbons (Fsp3) is 0.318. The number of hydrogen-bond acceptors (Lipinski definition) is 5. The number of phenols is 1. The van der Waals surface area contributed by atoms with Crippen molar-refractivity contribution in [3.8, 4) is 5.75 Å². The molecule has 0 aromatic heterocycles. The van der Waals surface area contributed by atoms with Gasteiger partial charge in [-0.05, 0) is 24.0 Å². The van der Waals surface area contributed by atoms with Crippen LogP contribution in [0.1, 0.15) is 71.4 Å². The van der Waals surface area contributed by atoms with Crippen molar-refractivity contribution >= 4 is 17.5 Å². The third-order valence-electron chi connectivity index (χ3n) is 4.62. The lowest BCUT2D eigenvalue weighted by Gasteiger charge is -2.21. The molecule has 2 aromatic rings. The smallest absolute Gasteiger partial charge is 0.303 e. The minimum atomic E-state index is -2.34. The van der Waals surface area contributed by atoms with E-state index in [-0.39, 0.29) is 28.4 Å². The molecule has 0 saturated heterocycles. The van der Waals surface area contributed by atoms with Gasteiger partial charge in [0.2, 0.25) is 17.2 Å². The number of aromatic hydroxyl groups is 1. The lowest BCUT2D eigenvalue weighted by molar-refractivity contribution is -0.137. The molecule has 1 aliphatic carbocycles. The number of rotatable bonds is 4. The number of aliphatic carboxylic acids is 1. The maximum Gasteiger partial charge on any atom is 0.303 e. The SMILES string of the molecule is CC(C)c1ccc(C2(O)C(=O)c3ccccc3C2=O)c(O)c1.CCCC(=O)O. The van der Waals surface area contributed by atoms with Crippen LogP contribution in [0.4, 0.5) is 0 Å². The van der Waals surface area contributed by atoms with E-state index in [0.717, 1.165) is 12.0 Å². The Morgan fingerprint density at radius 2 is 1.57 bits per heavy atom. The van der Waals surface area contributed by atoms with Crippen LogP contribution in [0, 0.1) is 0 Å². The van der Waals surface area contributed by atoms with Gasteiger partial charge in [-0.15, -0.1) is 0 Å². The highest BCUT2D eigenvalue weighted by Gasteiger charge is 2.54. The molecular weight excluding hydrogens is 360 g/mol. The second kappa shape index (κ2) is 8.35. The Kier molecular flexibility index (Phi) is 6.36. The molecule has 0 unspecified atom stereocenters. The Bertz CT molecular complexity index is 878. The topological polar surface area (TPSA) is 112 Å². The van der Waals surface area contributed by atoms with E-state index >= 15 is 0 Å². The van der Waals surface area contributed by atoms with Crippen LogP contribution in [-0.4, -0.2) is 32.9 Å². The fourth-order valence-electron chi connectivity index (χ4n) is 3.04. The molecule has 0 radical (unpaired) electrons. The van der Waals surface area contributed by atoms with E-state index in [2.05, 4.69) is 0 Å².